The minimum atomic E-state index is -2.80. The van der Waals surface area contributed by atoms with Crippen LogP contribution in [-0.4, -0.2) is 77.3 Å². The van der Waals surface area contributed by atoms with Gasteiger partial charge in [0, 0.05) is 37.8 Å². The molecule has 2 aromatic rings. The number of alkyl halides is 2. The van der Waals surface area contributed by atoms with Crippen LogP contribution in [0.4, 0.5) is 18.0 Å². The predicted molar refractivity (Wildman–Crippen MR) is 123 cm³/mol. The Labute approximate surface area is 209 Å². The SMILES string of the molecule is NC(=O)O[C@H](COc1ccccc1F)C(=O)N1CCC2=NN(CC(F)F)C(=O)[C@]2(Cc2ccccn2)C1. The highest BCUT2D eigenvalue weighted by atomic mass is 19.3. The highest BCUT2D eigenvalue weighted by molar-refractivity contribution is 6.13. The summed E-state index contributed by atoms with van der Waals surface area (Å²) in [7, 11) is 0. The van der Waals surface area contributed by atoms with Crippen molar-refractivity contribution in [2.24, 2.45) is 16.3 Å². The third kappa shape index (κ3) is 5.65. The number of primary amides is 1. The molecule has 0 saturated carbocycles. The maximum Gasteiger partial charge on any atom is 0.405 e. The van der Waals surface area contributed by atoms with Crippen LogP contribution in [0.2, 0.25) is 0 Å². The number of nitrogens with two attached hydrogens (primary N) is 1. The second-order valence-corrected chi connectivity index (χ2v) is 8.58. The average Bonchev–Trinajstić information content (AvgIpc) is 3.12. The van der Waals surface area contributed by atoms with Gasteiger partial charge in [0.1, 0.15) is 18.6 Å². The van der Waals surface area contributed by atoms with E-state index in [0.717, 1.165) is 11.1 Å². The number of nitrogens with zero attached hydrogens (tertiary/aromatic N) is 4. The molecule has 0 aliphatic carbocycles. The van der Waals surface area contributed by atoms with Crippen LogP contribution in [0.1, 0.15) is 12.1 Å². The van der Waals surface area contributed by atoms with Gasteiger partial charge in [-0.1, -0.05) is 18.2 Å². The van der Waals surface area contributed by atoms with Crippen molar-refractivity contribution in [1.82, 2.24) is 14.9 Å². The molecule has 4 rings (SSSR count). The van der Waals surface area contributed by atoms with Gasteiger partial charge < -0.3 is 20.1 Å². The number of benzene rings is 1. The van der Waals surface area contributed by atoms with E-state index in [-0.39, 0.29) is 31.7 Å². The molecular weight excluding hydrogens is 495 g/mol. The quantitative estimate of drug-likeness (QED) is 0.540. The van der Waals surface area contributed by atoms with Crippen LogP contribution < -0.4 is 10.5 Å². The van der Waals surface area contributed by atoms with Gasteiger partial charge in [0.05, 0.1) is 5.71 Å². The first kappa shape index (κ1) is 25.9. The molecule has 0 radical (unpaired) electrons. The number of hydrogen-bond acceptors (Lipinski definition) is 7. The zero-order valence-electron chi connectivity index (χ0n) is 19.6. The fourth-order valence-electron chi connectivity index (χ4n) is 4.47. The van der Waals surface area contributed by atoms with E-state index >= 15 is 0 Å². The molecule has 196 valence electrons. The Bertz CT molecular complexity index is 1200. The number of carbonyl (C=O) groups is 3. The van der Waals surface area contributed by atoms with Gasteiger partial charge in [0.25, 0.3) is 18.2 Å². The summed E-state index contributed by atoms with van der Waals surface area (Å²) in [6.45, 7) is -1.59. The van der Waals surface area contributed by atoms with E-state index in [1.54, 1.807) is 18.2 Å². The lowest BCUT2D eigenvalue weighted by Gasteiger charge is -2.40. The van der Waals surface area contributed by atoms with Gasteiger partial charge in [-0.15, -0.1) is 0 Å². The summed E-state index contributed by atoms with van der Waals surface area (Å²) >= 11 is 0. The van der Waals surface area contributed by atoms with Crippen molar-refractivity contribution in [1.29, 1.82) is 0 Å². The van der Waals surface area contributed by atoms with E-state index in [4.69, 9.17) is 15.2 Å². The summed E-state index contributed by atoms with van der Waals surface area (Å²) in [6.07, 6.45) is -3.94. The standard InChI is InChI=1S/C24H24F3N5O5/c25-16-6-1-2-7-17(16)36-13-18(37-23(28)35)21(33)31-10-8-19-24(14-31,11-15-5-3-4-9-29-15)22(34)32(30-19)12-20(26)27/h1-7,9,18,20H,8,10-14H2,(H2,28,35)/t18-,24-/m1/s1. The van der Waals surface area contributed by atoms with Gasteiger partial charge in [-0.3, -0.25) is 14.6 Å². The number of rotatable bonds is 9. The molecule has 2 atom stereocenters. The lowest BCUT2D eigenvalue weighted by Crippen LogP contribution is -2.58. The fourth-order valence-corrected chi connectivity index (χ4v) is 4.47. The number of hydrazone groups is 1. The van der Waals surface area contributed by atoms with E-state index in [0.29, 0.717) is 11.4 Å². The Balaban J connectivity index is 1.58. The van der Waals surface area contributed by atoms with E-state index in [9.17, 15) is 27.6 Å². The second-order valence-electron chi connectivity index (χ2n) is 8.58. The van der Waals surface area contributed by atoms with Crippen molar-refractivity contribution >= 4 is 23.6 Å². The van der Waals surface area contributed by atoms with Crippen molar-refractivity contribution in [2.45, 2.75) is 25.4 Å². The lowest BCUT2D eigenvalue weighted by molar-refractivity contribution is -0.147. The van der Waals surface area contributed by atoms with Crippen LogP contribution in [0.25, 0.3) is 0 Å². The second kappa shape index (κ2) is 10.8. The largest absolute Gasteiger partial charge is 0.486 e. The van der Waals surface area contributed by atoms with E-state index < -0.39 is 54.8 Å². The number of carbonyl (C=O) groups excluding carboxylic acids is 3. The highest BCUT2D eigenvalue weighted by Gasteiger charge is 2.55. The van der Waals surface area contributed by atoms with Gasteiger partial charge in [0.15, 0.2) is 11.6 Å². The normalized spacial score (nSPS) is 19.9. The Hall–Kier alpha value is -4.16. The van der Waals surface area contributed by atoms with Crippen LogP contribution in [-0.2, 0) is 20.7 Å². The van der Waals surface area contributed by atoms with E-state index in [2.05, 4.69) is 10.1 Å². The average molecular weight is 519 g/mol. The van der Waals surface area contributed by atoms with Crippen molar-refractivity contribution < 1.29 is 37.0 Å². The summed E-state index contributed by atoms with van der Waals surface area (Å²) in [5, 5.41) is 4.89. The van der Waals surface area contributed by atoms with Crippen molar-refractivity contribution in [3.63, 3.8) is 0 Å². The molecule has 1 saturated heterocycles. The van der Waals surface area contributed by atoms with E-state index in [1.807, 2.05) is 0 Å². The molecule has 1 aromatic heterocycles. The summed E-state index contributed by atoms with van der Waals surface area (Å²) in [6, 6.07) is 10.6. The summed E-state index contributed by atoms with van der Waals surface area (Å²) in [4.78, 5) is 43.8. The molecule has 0 spiro atoms. The van der Waals surface area contributed by atoms with Gasteiger partial charge in [-0.25, -0.2) is 23.0 Å². The van der Waals surface area contributed by atoms with Crippen LogP contribution >= 0.6 is 0 Å². The zero-order chi connectivity index (χ0) is 26.6. The van der Waals surface area contributed by atoms with Crippen LogP contribution in [0.3, 0.4) is 0 Å². The van der Waals surface area contributed by atoms with Crippen molar-refractivity contribution in [3.05, 3.63) is 60.2 Å². The number of hydrogen-bond donors (Lipinski definition) is 1. The fraction of sp³-hybridized carbons (Fsp3) is 0.375. The Kier molecular flexibility index (Phi) is 7.60. The first-order chi connectivity index (χ1) is 17.7. The molecule has 1 aromatic carbocycles. The lowest BCUT2D eigenvalue weighted by atomic mass is 9.74. The number of ether oxygens (including phenoxy) is 2. The molecule has 10 nitrogen and oxygen atoms in total. The Morgan fingerprint density at radius 2 is 1.92 bits per heavy atom. The zero-order valence-corrected chi connectivity index (χ0v) is 19.6. The van der Waals surface area contributed by atoms with Gasteiger partial charge in [0.2, 0.25) is 6.10 Å². The maximum absolute atomic E-state index is 14.0. The number of fused-ring (bicyclic) bond motifs is 1. The number of amides is 3. The first-order valence-electron chi connectivity index (χ1n) is 11.4. The van der Waals surface area contributed by atoms with Gasteiger partial charge >= 0.3 is 6.09 Å². The minimum Gasteiger partial charge on any atom is -0.486 e. The van der Waals surface area contributed by atoms with E-state index in [1.165, 1.54) is 29.3 Å². The minimum absolute atomic E-state index is 0.0160. The van der Waals surface area contributed by atoms with Crippen LogP contribution in [0.5, 0.6) is 5.75 Å². The number of aromatic nitrogens is 1. The molecule has 13 heteroatoms. The van der Waals surface area contributed by atoms with Crippen molar-refractivity contribution in [3.8, 4) is 5.75 Å². The predicted octanol–water partition coefficient (Wildman–Crippen LogP) is 1.99. The number of likely N-dealkylation sites (tertiary alicyclic amines) is 1. The third-order valence-corrected chi connectivity index (χ3v) is 6.11. The van der Waals surface area contributed by atoms with Crippen LogP contribution in [0.15, 0.2) is 53.8 Å². The molecule has 3 heterocycles. The molecule has 3 amide bonds. The van der Waals surface area contributed by atoms with Gasteiger partial charge in [-0.05, 0) is 24.3 Å². The number of halogens is 3. The summed E-state index contributed by atoms with van der Waals surface area (Å²) in [5.74, 6) is -2.27. The molecule has 1 fully saturated rings. The number of piperidine rings is 1. The van der Waals surface area contributed by atoms with Crippen LogP contribution in [0, 0.1) is 11.2 Å². The molecular formula is C24H24F3N5O5. The molecule has 0 bridgehead atoms. The Morgan fingerprint density at radius 1 is 1.16 bits per heavy atom. The van der Waals surface area contributed by atoms with Crippen molar-refractivity contribution in [2.75, 3.05) is 26.2 Å². The smallest absolute Gasteiger partial charge is 0.405 e. The van der Waals surface area contributed by atoms with Gasteiger partial charge in [-0.2, -0.15) is 5.10 Å². The topological polar surface area (TPSA) is 127 Å². The Morgan fingerprint density at radius 3 is 2.59 bits per heavy atom. The molecule has 37 heavy (non-hydrogen) atoms. The number of pyridine rings is 1. The highest BCUT2D eigenvalue weighted by Crippen LogP contribution is 2.39. The monoisotopic (exact) mass is 519 g/mol. The first-order valence-corrected chi connectivity index (χ1v) is 11.4. The number of para-hydroxylation sites is 1. The summed E-state index contributed by atoms with van der Waals surface area (Å²) in [5.41, 5.74) is 4.58. The molecule has 0 unspecified atom stereocenters. The molecule has 2 aliphatic rings. The summed E-state index contributed by atoms with van der Waals surface area (Å²) < 4.78 is 50.5. The molecule has 2 aliphatic heterocycles. The third-order valence-electron chi connectivity index (χ3n) is 6.11. The maximum atomic E-state index is 14.0. The molecule has 2 N–H and O–H groups in total.